The number of benzene rings is 1. The van der Waals surface area contributed by atoms with Gasteiger partial charge < -0.3 is 10.00 Å². The number of hydrogen-bond donors (Lipinski definition) is 1. The van der Waals surface area contributed by atoms with Crippen molar-refractivity contribution in [1.29, 1.82) is 0 Å². The largest absolute Gasteiger partial charge is 0.362 e. The summed E-state index contributed by atoms with van der Waals surface area (Å²) in [6, 6.07) is 7.34. The standard InChI is InChI=1S/C19H31N3/c1-6-10-16(7-2)22(14-17-13-20-21(17)5)19-12-9-11-15(4)18(19)8-3/h9,11-13,16,20H,6-8,10,14H2,1-5H3. The van der Waals surface area contributed by atoms with Crippen LogP contribution in [-0.4, -0.2) is 15.8 Å². The second-order valence-corrected chi connectivity index (χ2v) is 6.23. The zero-order valence-electron chi connectivity index (χ0n) is 14.8. The van der Waals surface area contributed by atoms with E-state index in [1.165, 1.54) is 41.8 Å². The molecule has 1 N–H and O–H groups in total. The molecule has 1 aromatic heterocycles. The highest BCUT2D eigenvalue weighted by molar-refractivity contribution is 5.57. The Balaban J connectivity index is 2.39. The summed E-state index contributed by atoms with van der Waals surface area (Å²) >= 11 is 0. The first-order valence-electron chi connectivity index (χ1n) is 8.66. The molecular weight excluding hydrogens is 270 g/mol. The molecule has 1 aromatic carbocycles. The van der Waals surface area contributed by atoms with Gasteiger partial charge in [0.05, 0.1) is 12.2 Å². The Labute approximate surface area is 135 Å². The van der Waals surface area contributed by atoms with Gasteiger partial charge in [-0.2, -0.15) is 0 Å². The Hall–Kier alpha value is -1.64. The van der Waals surface area contributed by atoms with E-state index in [1.807, 2.05) is 0 Å². The van der Waals surface area contributed by atoms with Crippen molar-refractivity contribution >= 4 is 5.69 Å². The highest BCUT2D eigenvalue weighted by Crippen LogP contribution is 2.30. The molecule has 0 amide bonds. The molecule has 2 aromatic rings. The highest BCUT2D eigenvalue weighted by atomic mass is 15.3. The smallest absolute Gasteiger partial charge is 0.0711 e. The zero-order chi connectivity index (χ0) is 16.1. The minimum absolute atomic E-state index is 0.604. The maximum Gasteiger partial charge on any atom is 0.0711 e. The van der Waals surface area contributed by atoms with Crippen molar-refractivity contribution in [2.45, 2.75) is 66.0 Å². The molecule has 122 valence electrons. The van der Waals surface area contributed by atoms with E-state index < -0.39 is 0 Å². The molecule has 3 heteroatoms. The lowest BCUT2D eigenvalue weighted by Crippen LogP contribution is -2.37. The van der Waals surface area contributed by atoms with Gasteiger partial charge in [0.15, 0.2) is 0 Å². The molecule has 22 heavy (non-hydrogen) atoms. The molecule has 1 atom stereocenters. The van der Waals surface area contributed by atoms with Gasteiger partial charge in [-0.25, -0.2) is 0 Å². The number of aromatic nitrogens is 2. The van der Waals surface area contributed by atoms with Crippen molar-refractivity contribution in [2.24, 2.45) is 7.05 Å². The average Bonchev–Trinajstić information content (AvgIpc) is 2.52. The predicted octanol–water partition coefficient (Wildman–Crippen LogP) is 4.81. The molecular formula is C19H31N3. The fourth-order valence-electron chi connectivity index (χ4n) is 3.35. The summed E-state index contributed by atoms with van der Waals surface area (Å²) < 4.78 is 2.12. The number of rotatable bonds is 8. The Morgan fingerprint density at radius 3 is 2.50 bits per heavy atom. The van der Waals surface area contributed by atoms with Crippen molar-refractivity contribution in [3.8, 4) is 0 Å². The van der Waals surface area contributed by atoms with Gasteiger partial charge in [0.25, 0.3) is 0 Å². The van der Waals surface area contributed by atoms with Gasteiger partial charge in [0.2, 0.25) is 0 Å². The topological polar surface area (TPSA) is 24.0 Å². The second kappa shape index (κ2) is 7.57. The van der Waals surface area contributed by atoms with Crippen molar-refractivity contribution < 1.29 is 0 Å². The third-order valence-corrected chi connectivity index (χ3v) is 4.77. The van der Waals surface area contributed by atoms with Gasteiger partial charge in [-0.1, -0.05) is 39.3 Å². The maximum absolute atomic E-state index is 3.19. The normalized spacial score (nSPS) is 12.6. The fourth-order valence-corrected chi connectivity index (χ4v) is 3.35. The summed E-state index contributed by atoms with van der Waals surface area (Å²) in [5.74, 6) is 0. The molecule has 0 aliphatic rings. The third-order valence-electron chi connectivity index (χ3n) is 4.77. The van der Waals surface area contributed by atoms with Gasteiger partial charge in [-0.05, 0) is 43.4 Å². The van der Waals surface area contributed by atoms with Crippen LogP contribution in [0.3, 0.4) is 0 Å². The number of nitrogens with one attached hydrogen (secondary N) is 1. The molecule has 0 aliphatic carbocycles. The van der Waals surface area contributed by atoms with Crippen LogP contribution in [-0.2, 0) is 20.0 Å². The number of anilines is 1. The van der Waals surface area contributed by atoms with Crippen LogP contribution in [0.5, 0.6) is 0 Å². The Kier molecular flexibility index (Phi) is 5.76. The molecule has 0 spiro atoms. The minimum atomic E-state index is 0.604. The Morgan fingerprint density at radius 2 is 2.00 bits per heavy atom. The van der Waals surface area contributed by atoms with Crippen LogP contribution in [0.4, 0.5) is 5.69 Å². The van der Waals surface area contributed by atoms with E-state index in [-0.39, 0.29) is 0 Å². The molecule has 3 nitrogen and oxygen atoms in total. The number of aryl methyl sites for hydroxylation is 2. The number of aromatic amines is 1. The fraction of sp³-hybridized carbons (Fsp3) is 0.579. The first-order valence-corrected chi connectivity index (χ1v) is 8.66. The molecule has 1 heterocycles. The van der Waals surface area contributed by atoms with E-state index in [9.17, 15) is 0 Å². The molecule has 0 radical (unpaired) electrons. The summed E-state index contributed by atoms with van der Waals surface area (Å²) in [6.07, 6.45) is 6.88. The van der Waals surface area contributed by atoms with Crippen LogP contribution in [0.1, 0.15) is 56.9 Å². The Morgan fingerprint density at radius 1 is 1.23 bits per heavy atom. The first-order chi connectivity index (χ1) is 10.6. The summed E-state index contributed by atoms with van der Waals surface area (Å²) in [4.78, 5) is 2.62. The van der Waals surface area contributed by atoms with Crippen molar-refractivity contribution in [3.63, 3.8) is 0 Å². The second-order valence-electron chi connectivity index (χ2n) is 6.23. The van der Waals surface area contributed by atoms with Gasteiger partial charge in [-0.3, -0.25) is 4.68 Å². The predicted molar refractivity (Wildman–Crippen MR) is 95.5 cm³/mol. The van der Waals surface area contributed by atoms with E-state index in [0.29, 0.717) is 6.04 Å². The average molecular weight is 301 g/mol. The van der Waals surface area contributed by atoms with E-state index in [1.54, 1.807) is 0 Å². The monoisotopic (exact) mass is 301 g/mol. The van der Waals surface area contributed by atoms with Gasteiger partial charge >= 0.3 is 0 Å². The van der Waals surface area contributed by atoms with Crippen LogP contribution in [0.15, 0.2) is 24.4 Å². The van der Waals surface area contributed by atoms with E-state index in [0.717, 1.165) is 13.0 Å². The molecule has 0 saturated heterocycles. The maximum atomic E-state index is 3.19. The first kappa shape index (κ1) is 16.7. The van der Waals surface area contributed by atoms with Gasteiger partial charge in [-0.15, -0.1) is 0 Å². The van der Waals surface area contributed by atoms with E-state index in [4.69, 9.17) is 0 Å². The summed E-state index contributed by atoms with van der Waals surface area (Å²) in [6.45, 7) is 10.1. The zero-order valence-corrected chi connectivity index (χ0v) is 14.8. The van der Waals surface area contributed by atoms with Crippen LogP contribution < -0.4 is 4.90 Å². The summed E-state index contributed by atoms with van der Waals surface area (Å²) in [5, 5.41) is 3.19. The minimum Gasteiger partial charge on any atom is -0.362 e. The Bertz CT molecular complexity index is 579. The third kappa shape index (κ3) is 3.40. The number of H-pyrrole nitrogens is 1. The molecule has 0 aliphatic heterocycles. The molecule has 2 rings (SSSR count). The molecule has 1 unspecified atom stereocenters. The van der Waals surface area contributed by atoms with Crippen LogP contribution in [0.25, 0.3) is 0 Å². The van der Waals surface area contributed by atoms with Gasteiger partial charge in [0.1, 0.15) is 0 Å². The lowest BCUT2D eigenvalue weighted by Gasteiger charge is -2.36. The van der Waals surface area contributed by atoms with Crippen molar-refractivity contribution in [2.75, 3.05) is 4.90 Å². The SMILES string of the molecule is CCCC(CC)N(Cc1c[nH]n1C)c1cccc(C)c1CC. The van der Waals surface area contributed by atoms with Crippen molar-refractivity contribution in [3.05, 3.63) is 41.2 Å². The molecule has 0 saturated carbocycles. The van der Waals surface area contributed by atoms with Crippen molar-refractivity contribution in [1.82, 2.24) is 9.78 Å². The van der Waals surface area contributed by atoms with Crippen LogP contribution >= 0.6 is 0 Å². The lowest BCUT2D eigenvalue weighted by atomic mass is 9.99. The van der Waals surface area contributed by atoms with Crippen LogP contribution in [0, 0.1) is 6.92 Å². The molecule has 0 fully saturated rings. The molecule has 0 bridgehead atoms. The van der Waals surface area contributed by atoms with E-state index in [2.05, 4.69) is 73.8 Å². The van der Waals surface area contributed by atoms with Gasteiger partial charge in [0, 0.05) is 25.0 Å². The quantitative estimate of drug-likeness (QED) is 0.743. The van der Waals surface area contributed by atoms with E-state index >= 15 is 0 Å². The lowest BCUT2D eigenvalue weighted by molar-refractivity contribution is 0.502. The number of nitrogens with zero attached hydrogens (tertiary/aromatic N) is 2. The number of hydrogen-bond acceptors (Lipinski definition) is 1. The van der Waals surface area contributed by atoms with Crippen LogP contribution in [0.2, 0.25) is 0 Å². The summed E-state index contributed by atoms with van der Waals surface area (Å²) in [7, 11) is 2.09. The summed E-state index contributed by atoms with van der Waals surface area (Å²) in [5.41, 5.74) is 5.68. The highest BCUT2D eigenvalue weighted by Gasteiger charge is 2.21.